The van der Waals surface area contributed by atoms with Gasteiger partial charge in [0.1, 0.15) is 11.5 Å². The maximum Gasteiger partial charge on any atom is 0.434 e. The number of alkyl halides is 3. The average molecular weight is 631 g/mol. The van der Waals surface area contributed by atoms with Crippen LogP contribution >= 0.6 is 0 Å². The number of carbonyl (C=O) groups is 1. The van der Waals surface area contributed by atoms with E-state index in [-0.39, 0.29) is 48.7 Å². The van der Waals surface area contributed by atoms with Gasteiger partial charge < -0.3 is 19.4 Å². The molecule has 3 aliphatic heterocycles. The van der Waals surface area contributed by atoms with Gasteiger partial charge >= 0.3 is 6.18 Å². The van der Waals surface area contributed by atoms with Crippen molar-refractivity contribution in [2.24, 2.45) is 0 Å². The summed E-state index contributed by atoms with van der Waals surface area (Å²) in [5.74, 6) is -0.484. The van der Waals surface area contributed by atoms with E-state index < -0.39 is 23.1 Å². The van der Waals surface area contributed by atoms with Crippen molar-refractivity contribution in [2.75, 3.05) is 50.8 Å². The summed E-state index contributed by atoms with van der Waals surface area (Å²) in [4.78, 5) is 24.7. The number of rotatable bonds is 6. The monoisotopic (exact) mass is 630 g/mol. The van der Waals surface area contributed by atoms with Gasteiger partial charge in [-0.3, -0.25) is 14.6 Å². The molecular formula is C33H42F4N6O2. The molecule has 5 heterocycles. The van der Waals surface area contributed by atoms with Gasteiger partial charge in [-0.15, -0.1) is 0 Å². The number of pyridine rings is 1. The van der Waals surface area contributed by atoms with E-state index in [4.69, 9.17) is 4.74 Å². The minimum Gasteiger partial charge on any atom is -0.378 e. The van der Waals surface area contributed by atoms with Crippen LogP contribution in [0.15, 0.2) is 36.5 Å². The number of hydrogen-bond acceptors (Lipinski definition) is 6. The first-order valence-corrected chi connectivity index (χ1v) is 15.7. The summed E-state index contributed by atoms with van der Waals surface area (Å²) in [6.07, 6.45) is -3.36. The molecular weight excluding hydrogens is 588 g/mol. The van der Waals surface area contributed by atoms with Gasteiger partial charge in [-0.25, -0.2) is 9.37 Å². The van der Waals surface area contributed by atoms with Gasteiger partial charge in [0.25, 0.3) is 0 Å². The van der Waals surface area contributed by atoms with Crippen LogP contribution in [0.5, 0.6) is 0 Å². The molecule has 0 aliphatic carbocycles. The topological polar surface area (TPSA) is 65.4 Å². The molecule has 1 N–H and O–H groups in total. The number of carbonyl (C=O) groups excluding carboxylic acids is 1. The number of ether oxygens (including phenoxy) is 1. The van der Waals surface area contributed by atoms with Gasteiger partial charge in [0.15, 0.2) is 5.69 Å². The average Bonchev–Trinajstić information content (AvgIpc) is 3.52. The molecule has 1 aromatic carbocycles. The van der Waals surface area contributed by atoms with Crippen molar-refractivity contribution < 1.29 is 27.1 Å². The molecule has 45 heavy (non-hydrogen) atoms. The molecule has 12 heteroatoms. The zero-order chi connectivity index (χ0) is 32.3. The van der Waals surface area contributed by atoms with Gasteiger partial charge in [0, 0.05) is 73.9 Å². The Kier molecular flexibility index (Phi) is 8.47. The summed E-state index contributed by atoms with van der Waals surface area (Å²) in [7, 11) is 0. The van der Waals surface area contributed by atoms with E-state index in [1.165, 1.54) is 16.5 Å². The number of fused-ring (bicyclic) bond motifs is 3. The molecule has 0 unspecified atom stereocenters. The largest absolute Gasteiger partial charge is 0.434 e. The number of aromatic nitrogens is 2. The highest BCUT2D eigenvalue weighted by Gasteiger charge is 2.43. The fourth-order valence-corrected chi connectivity index (χ4v) is 7.25. The first-order chi connectivity index (χ1) is 21.2. The van der Waals surface area contributed by atoms with Gasteiger partial charge in [-0.2, -0.15) is 13.2 Å². The standard InChI is InChI=1S/C33H42F4N6O2/c1-20-13-40(26(12-38-20)14-41-21(2)17-45-18-22(41)3)16-29(44)43-19-32(4,5)30-27(43)11-24(10-23-6-8-25(34)9-7-23)31-39-28(15-42(30)31)33(35,36)37/h6-9,11,15,20-22,26,38H,10,12-14,16-19H2,1-5H3/t20-,21+,22+,26-/m1/s1. The highest BCUT2D eigenvalue weighted by atomic mass is 19.4. The molecule has 2 aromatic heterocycles. The van der Waals surface area contributed by atoms with Crippen LogP contribution in [-0.2, 0) is 27.5 Å². The van der Waals surface area contributed by atoms with Gasteiger partial charge in [0.05, 0.1) is 31.1 Å². The van der Waals surface area contributed by atoms with Crippen molar-refractivity contribution in [1.82, 2.24) is 24.5 Å². The quantitative estimate of drug-likeness (QED) is 0.406. The minimum absolute atomic E-state index is 0.0905. The summed E-state index contributed by atoms with van der Waals surface area (Å²) in [6, 6.07) is 8.56. The predicted octanol–water partition coefficient (Wildman–Crippen LogP) is 4.48. The Bertz CT molecular complexity index is 1550. The van der Waals surface area contributed by atoms with E-state index in [1.54, 1.807) is 17.0 Å². The number of halogens is 4. The maximum atomic E-state index is 14.2. The number of imidazole rings is 1. The summed E-state index contributed by atoms with van der Waals surface area (Å²) in [6.45, 7) is 14.5. The van der Waals surface area contributed by atoms with Crippen molar-refractivity contribution in [3.8, 4) is 0 Å². The van der Waals surface area contributed by atoms with Crippen LogP contribution in [0.1, 0.15) is 57.1 Å². The molecule has 4 atom stereocenters. The van der Waals surface area contributed by atoms with Crippen LogP contribution in [-0.4, -0.2) is 95.2 Å². The van der Waals surface area contributed by atoms with Crippen molar-refractivity contribution >= 4 is 17.2 Å². The molecule has 0 radical (unpaired) electrons. The lowest BCUT2D eigenvalue weighted by atomic mass is 9.90. The van der Waals surface area contributed by atoms with E-state index >= 15 is 0 Å². The first kappa shape index (κ1) is 31.9. The minimum atomic E-state index is -4.63. The van der Waals surface area contributed by atoms with Crippen molar-refractivity contribution in [3.63, 3.8) is 0 Å². The third-order valence-corrected chi connectivity index (χ3v) is 9.51. The zero-order valence-corrected chi connectivity index (χ0v) is 26.5. The molecule has 244 valence electrons. The van der Waals surface area contributed by atoms with E-state index in [1.807, 2.05) is 19.9 Å². The molecule has 1 amide bonds. The van der Waals surface area contributed by atoms with Crippen LogP contribution in [0, 0.1) is 5.82 Å². The lowest BCUT2D eigenvalue weighted by Crippen LogP contribution is -2.63. The first-order valence-electron chi connectivity index (χ1n) is 15.7. The Morgan fingerprint density at radius 2 is 1.80 bits per heavy atom. The maximum absolute atomic E-state index is 14.2. The Labute approximate surface area is 261 Å². The number of morpholine rings is 1. The van der Waals surface area contributed by atoms with Gasteiger partial charge in [0.2, 0.25) is 5.91 Å². The van der Waals surface area contributed by atoms with Crippen LogP contribution in [0.25, 0.3) is 5.65 Å². The molecule has 6 rings (SSSR count). The Balaban J connectivity index is 1.34. The number of benzene rings is 1. The van der Waals surface area contributed by atoms with Gasteiger partial charge in [-0.05, 0) is 44.5 Å². The van der Waals surface area contributed by atoms with Crippen molar-refractivity contribution in [3.05, 3.63) is 64.9 Å². The lowest BCUT2D eigenvalue weighted by Gasteiger charge is -2.46. The van der Waals surface area contributed by atoms with E-state index in [2.05, 4.69) is 40.9 Å². The fraction of sp³-hybridized carbons (Fsp3) is 0.576. The number of amides is 1. The van der Waals surface area contributed by atoms with Crippen LogP contribution in [0.3, 0.4) is 0 Å². The highest BCUT2D eigenvalue weighted by molar-refractivity contribution is 5.98. The summed E-state index contributed by atoms with van der Waals surface area (Å²) in [5.41, 5.74) is 1.06. The normalized spacial score (nSPS) is 26.0. The van der Waals surface area contributed by atoms with E-state index in [9.17, 15) is 22.4 Å². The SMILES string of the molecule is C[C@@H]1CN(CC(=O)N2CC(C)(C)c3c2cc(Cc2ccc(F)cc2)c2nc(C(F)(F)F)cn32)[C@@H](CN2[C@@H](C)COC[C@@H]2C)CN1. The number of piperazine rings is 1. The molecule has 2 saturated heterocycles. The highest BCUT2D eigenvalue weighted by Crippen LogP contribution is 2.43. The Morgan fingerprint density at radius 1 is 1.11 bits per heavy atom. The molecule has 0 bridgehead atoms. The predicted molar refractivity (Wildman–Crippen MR) is 164 cm³/mol. The molecule has 2 fully saturated rings. The van der Waals surface area contributed by atoms with Crippen LogP contribution < -0.4 is 10.2 Å². The summed E-state index contributed by atoms with van der Waals surface area (Å²) >= 11 is 0. The zero-order valence-electron chi connectivity index (χ0n) is 26.5. The van der Waals surface area contributed by atoms with Crippen LogP contribution in [0.2, 0.25) is 0 Å². The molecule has 0 saturated carbocycles. The third kappa shape index (κ3) is 6.34. The number of hydrogen-bond donors (Lipinski definition) is 1. The number of nitrogens with zero attached hydrogens (tertiary/aromatic N) is 5. The second-order valence-corrected chi connectivity index (χ2v) is 13.7. The van der Waals surface area contributed by atoms with Crippen molar-refractivity contribution in [2.45, 2.75) is 76.8 Å². The molecule has 3 aromatic rings. The van der Waals surface area contributed by atoms with Crippen LogP contribution in [0.4, 0.5) is 23.2 Å². The van der Waals surface area contributed by atoms with E-state index in [0.717, 1.165) is 24.8 Å². The summed E-state index contributed by atoms with van der Waals surface area (Å²) in [5, 5.41) is 3.57. The van der Waals surface area contributed by atoms with E-state index in [0.29, 0.717) is 43.2 Å². The number of nitrogens with one attached hydrogen (secondary N) is 1. The van der Waals surface area contributed by atoms with Gasteiger partial charge in [-0.1, -0.05) is 26.0 Å². The third-order valence-electron chi connectivity index (χ3n) is 9.51. The Morgan fingerprint density at radius 3 is 2.47 bits per heavy atom. The molecule has 0 spiro atoms. The molecule has 3 aliphatic rings. The fourth-order valence-electron chi connectivity index (χ4n) is 7.25. The van der Waals surface area contributed by atoms with Crippen molar-refractivity contribution in [1.29, 1.82) is 0 Å². The number of anilines is 1. The second-order valence-electron chi connectivity index (χ2n) is 13.7. The Hall–Kier alpha value is -3.06. The molecule has 8 nitrogen and oxygen atoms in total. The summed E-state index contributed by atoms with van der Waals surface area (Å²) < 4.78 is 62.6. The second kappa shape index (κ2) is 11.9. The smallest absolute Gasteiger partial charge is 0.378 e. The lowest BCUT2D eigenvalue weighted by molar-refractivity contribution is -0.140.